The van der Waals surface area contributed by atoms with Gasteiger partial charge in [-0.05, 0) is 42.3 Å². The fraction of sp³-hybridized carbons (Fsp3) is 0.250. The van der Waals surface area contributed by atoms with Crippen LogP contribution in [0.2, 0.25) is 5.02 Å². The van der Waals surface area contributed by atoms with Crippen molar-refractivity contribution < 1.29 is 22.7 Å². The summed E-state index contributed by atoms with van der Waals surface area (Å²) in [5, 5.41) is 10.6. The van der Waals surface area contributed by atoms with Crippen LogP contribution in [0.1, 0.15) is 18.1 Å². The number of rotatable bonds is 7. The van der Waals surface area contributed by atoms with Gasteiger partial charge >= 0.3 is 0 Å². The zero-order valence-electron chi connectivity index (χ0n) is 12.9. The Kier molecular flexibility index (Phi) is 6.17. The molecular weight excluding hydrogens is 357 g/mol. The number of benzene rings is 2. The smallest absolute Gasteiger partial charge is 0.244 e. The van der Waals surface area contributed by atoms with E-state index in [9.17, 15) is 17.9 Å². The van der Waals surface area contributed by atoms with Crippen LogP contribution in [0.25, 0.3) is 0 Å². The minimum Gasteiger partial charge on any atom is -0.495 e. The number of nitrogens with one attached hydrogen (secondary N) is 1. The highest BCUT2D eigenvalue weighted by atomic mass is 35.5. The molecule has 0 saturated heterocycles. The third-order valence-electron chi connectivity index (χ3n) is 3.36. The number of sulfonamides is 1. The van der Waals surface area contributed by atoms with E-state index in [1.165, 1.54) is 13.2 Å². The maximum atomic E-state index is 13.3. The van der Waals surface area contributed by atoms with Gasteiger partial charge in [0, 0.05) is 11.6 Å². The van der Waals surface area contributed by atoms with Gasteiger partial charge in [-0.2, -0.15) is 0 Å². The lowest BCUT2D eigenvalue weighted by atomic mass is 10.1. The predicted molar refractivity (Wildman–Crippen MR) is 89.2 cm³/mol. The van der Waals surface area contributed by atoms with Crippen molar-refractivity contribution in [3.05, 3.63) is 58.9 Å². The van der Waals surface area contributed by atoms with Gasteiger partial charge in [-0.15, -0.1) is 0 Å². The summed E-state index contributed by atoms with van der Waals surface area (Å²) < 4.78 is 45.1. The minimum atomic E-state index is -3.96. The van der Waals surface area contributed by atoms with Gasteiger partial charge in [-0.25, -0.2) is 17.5 Å². The SMILES string of the molecule is COc1ccc(F)cc1S(=O)(=O)NCC[C@H](O)c1cccc(Cl)c1. The molecular formula is C16H17ClFNO4S. The van der Waals surface area contributed by atoms with Crippen molar-refractivity contribution in [2.45, 2.75) is 17.4 Å². The second kappa shape index (κ2) is 7.94. The van der Waals surface area contributed by atoms with Crippen LogP contribution >= 0.6 is 11.6 Å². The molecule has 0 aliphatic rings. The van der Waals surface area contributed by atoms with E-state index in [0.29, 0.717) is 10.6 Å². The number of halogens is 2. The molecule has 0 aliphatic carbocycles. The Labute approximate surface area is 145 Å². The molecule has 0 bridgehead atoms. The van der Waals surface area contributed by atoms with E-state index >= 15 is 0 Å². The van der Waals surface area contributed by atoms with Crippen molar-refractivity contribution in [1.29, 1.82) is 0 Å². The summed E-state index contributed by atoms with van der Waals surface area (Å²) in [7, 11) is -2.66. The molecule has 0 saturated carbocycles. The molecule has 0 aliphatic heterocycles. The quantitative estimate of drug-likeness (QED) is 0.782. The number of aliphatic hydroxyl groups is 1. The second-order valence-electron chi connectivity index (χ2n) is 5.05. The van der Waals surface area contributed by atoms with E-state index in [1.54, 1.807) is 24.3 Å². The number of methoxy groups -OCH3 is 1. The van der Waals surface area contributed by atoms with Crippen molar-refractivity contribution in [3.63, 3.8) is 0 Å². The lowest BCUT2D eigenvalue weighted by Gasteiger charge is -2.13. The van der Waals surface area contributed by atoms with Crippen LogP contribution in [-0.2, 0) is 10.0 Å². The number of aliphatic hydroxyl groups excluding tert-OH is 1. The molecule has 5 nitrogen and oxygen atoms in total. The molecule has 8 heteroatoms. The Morgan fingerprint density at radius 3 is 2.71 bits per heavy atom. The summed E-state index contributed by atoms with van der Waals surface area (Å²) >= 11 is 5.85. The third kappa shape index (κ3) is 4.67. The van der Waals surface area contributed by atoms with Crippen LogP contribution < -0.4 is 9.46 Å². The average Bonchev–Trinajstić information content (AvgIpc) is 2.54. The largest absolute Gasteiger partial charge is 0.495 e. The van der Waals surface area contributed by atoms with Crippen LogP contribution in [0, 0.1) is 5.82 Å². The van der Waals surface area contributed by atoms with Gasteiger partial charge in [0.1, 0.15) is 16.5 Å². The summed E-state index contributed by atoms with van der Waals surface area (Å²) in [5.41, 5.74) is 0.588. The van der Waals surface area contributed by atoms with Crippen molar-refractivity contribution in [1.82, 2.24) is 4.72 Å². The van der Waals surface area contributed by atoms with Gasteiger partial charge in [-0.3, -0.25) is 0 Å². The van der Waals surface area contributed by atoms with Crippen LogP contribution in [0.4, 0.5) is 4.39 Å². The Balaban J connectivity index is 2.04. The second-order valence-corrected chi connectivity index (χ2v) is 7.22. The zero-order chi connectivity index (χ0) is 17.7. The van der Waals surface area contributed by atoms with Crippen molar-refractivity contribution in [2.75, 3.05) is 13.7 Å². The lowest BCUT2D eigenvalue weighted by Crippen LogP contribution is -2.26. The molecule has 2 N–H and O–H groups in total. The topological polar surface area (TPSA) is 75.6 Å². The Morgan fingerprint density at radius 1 is 1.29 bits per heavy atom. The van der Waals surface area contributed by atoms with Gasteiger partial charge in [0.25, 0.3) is 0 Å². The Bertz CT molecular complexity index is 813. The zero-order valence-corrected chi connectivity index (χ0v) is 14.4. The molecule has 130 valence electrons. The monoisotopic (exact) mass is 373 g/mol. The maximum absolute atomic E-state index is 13.3. The molecule has 0 aromatic heterocycles. The highest BCUT2D eigenvalue weighted by molar-refractivity contribution is 7.89. The molecule has 0 radical (unpaired) electrons. The number of hydrogen-bond donors (Lipinski definition) is 2. The predicted octanol–water partition coefficient (Wildman–Crippen LogP) is 2.89. The molecule has 0 heterocycles. The fourth-order valence-corrected chi connectivity index (χ4v) is 3.57. The molecule has 0 spiro atoms. The van der Waals surface area contributed by atoms with E-state index in [1.807, 2.05) is 0 Å². The molecule has 1 atom stereocenters. The number of ether oxygens (including phenoxy) is 1. The van der Waals surface area contributed by atoms with E-state index in [0.717, 1.165) is 12.1 Å². The number of hydrogen-bond acceptors (Lipinski definition) is 4. The van der Waals surface area contributed by atoms with Gasteiger partial charge in [0.15, 0.2) is 0 Å². The van der Waals surface area contributed by atoms with Crippen LogP contribution in [0.5, 0.6) is 5.75 Å². The van der Waals surface area contributed by atoms with E-state index in [4.69, 9.17) is 16.3 Å². The highest BCUT2D eigenvalue weighted by Crippen LogP contribution is 2.25. The van der Waals surface area contributed by atoms with E-state index in [2.05, 4.69) is 4.72 Å². The first kappa shape index (κ1) is 18.7. The van der Waals surface area contributed by atoms with Gasteiger partial charge in [0.2, 0.25) is 10.0 Å². The lowest BCUT2D eigenvalue weighted by molar-refractivity contribution is 0.169. The molecule has 24 heavy (non-hydrogen) atoms. The summed E-state index contributed by atoms with van der Waals surface area (Å²) in [6.45, 7) is -0.0321. The molecule has 2 rings (SSSR count). The van der Waals surface area contributed by atoms with Crippen LogP contribution in [0.15, 0.2) is 47.4 Å². The summed E-state index contributed by atoms with van der Waals surface area (Å²) in [6.07, 6.45) is -0.738. The Hall–Kier alpha value is -1.67. The van der Waals surface area contributed by atoms with Gasteiger partial charge in [0.05, 0.1) is 13.2 Å². The fourth-order valence-electron chi connectivity index (χ4n) is 2.15. The maximum Gasteiger partial charge on any atom is 0.244 e. The standard InChI is InChI=1S/C16H17ClFNO4S/c1-23-15-6-5-13(18)10-16(15)24(21,22)19-8-7-14(20)11-3-2-4-12(17)9-11/h2-6,9-10,14,19-20H,7-8H2,1H3/t14-/m0/s1. The van der Waals surface area contributed by atoms with E-state index in [-0.39, 0.29) is 23.6 Å². The highest BCUT2D eigenvalue weighted by Gasteiger charge is 2.20. The summed E-state index contributed by atoms with van der Waals surface area (Å²) in [6, 6.07) is 9.91. The summed E-state index contributed by atoms with van der Waals surface area (Å²) in [5.74, 6) is -0.644. The van der Waals surface area contributed by atoms with Gasteiger partial charge in [-0.1, -0.05) is 23.7 Å². The average molecular weight is 374 g/mol. The first-order chi connectivity index (χ1) is 11.3. The van der Waals surface area contributed by atoms with Gasteiger partial charge < -0.3 is 9.84 Å². The normalized spacial score (nSPS) is 12.8. The molecule has 0 amide bonds. The molecule has 0 unspecified atom stereocenters. The van der Waals surface area contributed by atoms with Crippen molar-refractivity contribution in [3.8, 4) is 5.75 Å². The molecule has 2 aromatic carbocycles. The van der Waals surface area contributed by atoms with Crippen molar-refractivity contribution in [2.24, 2.45) is 0 Å². The minimum absolute atomic E-state index is 0.0321. The molecule has 0 fully saturated rings. The first-order valence-corrected chi connectivity index (χ1v) is 8.96. The van der Waals surface area contributed by atoms with E-state index < -0.39 is 21.9 Å². The Morgan fingerprint density at radius 2 is 2.04 bits per heavy atom. The van der Waals surface area contributed by atoms with Crippen LogP contribution in [0.3, 0.4) is 0 Å². The van der Waals surface area contributed by atoms with Crippen LogP contribution in [-0.4, -0.2) is 27.2 Å². The summed E-state index contributed by atoms with van der Waals surface area (Å²) in [4.78, 5) is -0.290. The first-order valence-electron chi connectivity index (χ1n) is 7.10. The van der Waals surface area contributed by atoms with Crippen molar-refractivity contribution >= 4 is 21.6 Å². The third-order valence-corrected chi connectivity index (χ3v) is 5.08. The molecule has 2 aromatic rings.